The van der Waals surface area contributed by atoms with Crippen LogP contribution in [-0.4, -0.2) is 58.0 Å². The minimum atomic E-state index is -0.147. The molecule has 172 valence electrons. The highest BCUT2D eigenvalue weighted by atomic mass is 32.2. The molecule has 2 aromatic rings. The molecule has 0 atom stereocenters. The Balaban J connectivity index is 2.28. The SMILES string of the molecule is CS/C(N)=N/N=C/c1cc(C)cc(/C=N/N=C(\N=C\c2cc(C)cc(C=O)c2O)SC)c1O. The summed E-state index contributed by atoms with van der Waals surface area (Å²) in [4.78, 5) is 15.3. The predicted molar refractivity (Wildman–Crippen MR) is 140 cm³/mol. The number of thioether (sulfide) groups is 2. The lowest BCUT2D eigenvalue weighted by Crippen LogP contribution is -2.04. The van der Waals surface area contributed by atoms with Crippen LogP contribution >= 0.6 is 23.5 Å². The number of nitrogens with two attached hydrogens (primary N) is 1. The maximum absolute atomic E-state index is 11.1. The van der Waals surface area contributed by atoms with Crippen molar-refractivity contribution in [2.45, 2.75) is 13.8 Å². The molecule has 0 aliphatic rings. The van der Waals surface area contributed by atoms with Crippen LogP contribution < -0.4 is 5.73 Å². The summed E-state index contributed by atoms with van der Waals surface area (Å²) in [5, 5.41) is 37.0. The number of aryl methyl sites for hydroxylation is 2. The molecule has 0 aromatic heterocycles. The predicted octanol–water partition coefficient (Wildman–Crippen LogP) is 3.71. The minimum Gasteiger partial charge on any atom is -0.507 e. The van der Waals surface area contributed by atoms with Gasteiger partial charge in [0.25, 0.3) is 0 Å². The summed E-state index contributed by atoms with van der Waals surface area (Å²) in [7, 11) is 0. The zero-order valence-corrected chi connectivity index (χ0v) is 20.2. The van der Waals surface area contributed by atoms with Crippen LogP contribution in [0.1, 0.15) is 38.2 Å². The van der Waals surface area contributed by atoms with Crippen LogP contribution in [0, 0.1) is 13.8 Å². The average molecular weight is 485 g/mol. The van der Waals surface area contributed by atoms with Crippen molar-refractivity contribution < 1.29 is 15.0 Å². The molecule has 0 radical (unpaired) electrons. The largest absolute Gasteiger partial charge is 0.507 e. The van der Waals surface area contributed by atoms with Gasteiger partial charge >= 0.3 is 0 Å². The van der Waals surface area contributed by atoms with E-state index < -0.39 is 0 Å². The van der Waals surface area contributed by atoms with Gasteiger partial charge in [-0.2, -0.15) is 10.2 Å². The van der Waals surface area contributed by atoms with E-state index in [4.69, 9.17) is 5.73 Å². The van der Waals surface area contributed by atoms with E-state index in [0.717, 1.165) is 11.1 Å². The molecule has 0 aliphatic heterocycles. The maximum atomic E-state index is 11.1. The molecule has 33 heavy (non-hydrogen) atoms. The van der Waals surface area contributed by atoms with Gasteiger partial charge in [-0.3, -0.25) is 4.79 Å². The smallest absolute Gasteiger partial charge is 0.208 e. The fraction of sp³-hybridized carbons (Fsp3) is 0.182. The summed E-state index contributed by atoms with van der Waals surface area (Å²) >= 11 is 2.51. The van der Waals surface area contributed by atoms with Crippen LogP contribution in [0.5, 0.6) is 11.5 Å². The first-order chi connectivity index (χ1) is 15.8. The number of phenols is 2. The van der Waals surface area contributed by atoms with Gasteiger partial charge in [0, 0.05) is 22.9 Å². The Morgan fingerprint density at radius 3 is 1.82 bits per heavy atom. The quantitative estimate of drug-likeness (QED) is 0.247. The Morgan fingerprint density at radius 1 is 0.818 bits per heavy atom. The van der Waals surface area contributed by atoms with Crippen molar-refractivity contribution in [2.75, 3.05) is 12.5 Å². The molecule has 0 heterocycles. The van der Waals surface area contributed by atoms with Gasteiger partial charge in [0.05, 0.1) is 18.0 Å². The molecule has 9 nitrogen and oxygen atoms in total. The molecule has 0 amide bonds. The first-order valence-electron chi connectivity index (χ1n) is 9.51. The van der Waals surface area contributed by atoms with E-state index in [-0.39, 0.29) is 17.1 Å². The van der Waals surface area contributed by atoms with Crippen LogP contribution in [0.25, 0.3) is 0 Å². The van der Waals surface area contributed by atoms with Gasteiger partial charge < -0.3 is 15.9 Å². The molecule has 0 bridgehead atoms. The number of aromatic hydroxyl groups is 2. The molecular weight excluding hydrogens is 460 g/mol. The van der Waals surface area contributed by atoms with Crippen molar-refractivity contribution in [3.05, 3.63) is 57.6 Å². The van der Waals surface area contributed by atoms with Crippen LogP contribution in [0.4, 0.5) is 0 Å². The van der Waals surface area contributed by atoms with Crippen molar-refractivity contribution in [1.82, 2.24) is 0 Å². The molecule has 0 spiro atoms. The first kappa shape index (κ1) is 25.8. The number of carbonyl (C=O) groups excluding carboxylic acids is 1. The highest BCUT2D eigenvalue weighted by Crippen LogP contribution is 2.23. The third kappa shape index (κ3) is 7.58. The Labute approximate surface area is 200 Å². The van der Waals surface area contributed by atoms with Gasteiger partial charge in [0.2, 0.25) is 5.17 Å². The number of nitrogens with zero attached hydrogens (tertiary/aromatic N) is 5. The van der Waals surface area contributed by atoms with E-state index in [1.807, 2.05) is 13.8 Å². The van der Waals surface area contributed by atoms with E-state index in [2.05, 4.69) is 25.4 Å². The lowest BCUT2D eigenvalue weighted by atomic mass is 10.1. The van der Waals surface area contributed by atoms with Crippen LogP contribution in [-0.2, 0) is 0 Å². The normalized spacial score (nSPS) is 13.0. The third-order valence-electron chi connectivity index (χ3n) is 4.15. The second kappa shape index (κ2) is 12.6. The summed E-state index contributed by atoms with van der Waals surface area (Å²) in [6.07, 6.45) is 8.38. The van der Waals surface area contributed by atoms with Gasteiger partial charge in [0.15, 0.2) is 11.5 Å². The van der Waals surface area contributed by atoms with Gasteiger partial charge in [0.1, 0.15) is 11.5 Å². The summed E-state index contributed by atoms with van der Waals surface area (Å²) in [6, 6.07) is 6.80. The van der Waals surface area contributed by atoms with Crippen LogP contribution in [0.3, 0.4) is 0 Å². The zero-order valence-electron chi connectivity index (χ0n) is 18.6. The van der Waals surface area contributed by atoms with Gasteiger partial charge in [-0.25, -0.2) is 4.99 Å². The molecule has 11 heteroatoms. The van der Waals surface area contributed by atoms with Gasteiger partial charge in [-0.1, -0.05) is 23.5 Å². The average Bonchev–Trinajstić information content (AvgIpc) is 2.80. The number of aliphatic imine (C=N–C) groups is 1. The molecule has 4 N–H and O–H groups in total. The fourth-order valence-corrected chi connectivity index (χ4v) is 3.05. The molecule has 2 aromatic carbocycles. The lowest BCUT2D eigenvalue weighted by molar-refractivity contribution is 0.112. The molecule has 0 saturated carbocycles. The van der Waals surface area contributed by atoms with E-state index >= 15 is 0 Å². The van der Waals surface area contributed by atoms with E-state index in [1.165, 1.54) is 42.2 Å². The second-order valence-corrected chi connectivity index (χ2v) is 8.28. The third-order valence-corrected chi connectivity index (χ3v) is 5.20. The standard InChI is InChI=1S/C22H24N6O3S2/c1-13-6-16(10-25-27-21(23)32-3)19(30)17(7-13)11-26-28-22(33-4)24-9-15-5-14(2)8-18(12-29)20(15)31/h5-12,30-31H,1-4H3,(H2,23,27)/b24-9+,25-10+,26-11+,28-22+. The monoisotopic (exact) mass is 484 g/mol. The summed E-state index contributed by atoms with van der Waals surface area (Å²) in [5.41, 5.74) is 8.77. The van der Waals surface area contributed by atoms with Crippen molar-refractivity contribution in [2.24, 2.45) is 31.1 Å². The van der Waals surface area contributed by atoms with Crippen molar-refractivity contribution in [3.8, 4) is 11.5 Å². The summed E-state index contributed by atoms with van der Waals surface area (Å²) in [6.45, 7) is 3.69. The number of hydrogen-bond donors (Lipinski definition) is 3. The summed E-state index contributed by atoms with van der Waals surface area (Å²) in [5.74, 6) is -0.174. The molecule has 0 saturated heterocycles. The zero-order chi connectivity index (χ0) is 24.4. The van der Waals surface area contributed by atoms with E-state index in [9.17, 15) is 15.0 Å². The minimum absolute atomic E-state index is 0.0264. The summed E-state index contributed by atoms with van der Waals surface area (Å²) < 4.78 is 0. The van der Waals surface area contributed by atoms with E-state index in [1.54, 1.807) is 36.8 Å². The second-order valence-electron chi connectivity index (χ2n) is 6.68. The Bertz CT molecular complexity index is 1170. The molecule has 2 rings (SSSR count). The van der Waals surface area contributed by atoms with Crippen molar-refractivity contribution in [3.63, 3.8) is 0 Å². The van der Waals surface area contributed by atoms with Crippen LogP contribution in [0.2, 0.25) is 0 Å². The highest BCUT2D eigenvalue weighted by molar-refractivity contribution is 8.13. The first-order valence-corrected chi connectivity index (χ1v) is 12.0. The number of benzene rings is 2. The van der Waals surface area contributed by atoms with Gasteiger partial charge in [-0.15, -0.1) is 10.2 Å². The van der Waals surface area contributed by atoms with Crippen LogP contribution in [0.15, 0.2) is 49.7 Å². The Hall–Kier alpha value is -3.44. The van der Waals surface area contributed by atoms with Gasteiger partial charge in [-0.05, 0) is 61.8 Å². The number of rotatable bonds is 6. The number of carbonyl (C=O) groups is 1. The van der Waals surface area contributed by atoms with Crippen molar-refractivity contribution >= 4 is 58.8 Å². The lowest BCUT2D eigenvalue weighted by Gasteiger charge is -2.04. The fourth-order valence-electron chi connectivity index (χ4n) is 2.63. The number of amidine groups is 2. The topological polar surface area (TPSA) is 145 Å². The highest BCUT2D eigenvalue weighted by Gasteiger charge is 2.08. The molecule has 0 aliphatic carbocycles. The Morgan fingerprint density at radius 2 is 1.30 bits per heavy atom. The maximum Gasteiger partial charge on any atom is 0.208 e. The molecular formula is C22H24N6O3S2. The number of aldehydes is 1. The van der Waals surface area contributed by atoms with Crippen molar-refractivity contribution in [1.29, 1.82) is 0 Å². The molecule has 0 unspecified atom stereocenters. The molecule has 0 fully saturated rings. The number of hydrogen-bond acceptors (Lipinski definition) is 9. The number of phenolic OH excluding ortho intramolecular Hbond substituents is 2. The Kier molecular flexibility index (Phi) is 9.83. The van der Waals surface area contributed by atoms with E-state index in [0.29, 0.717) is 33.3 Å².